The second-order valence-electron chi connectivity index (χ2n) is 6.74. The maximum Gasteiger partial charge on any atom is 0.242 e. The Labute approximate surface area is 145 Å². The molecule has 3 aliphatic rings. The summed E-state index contributed by atoms with van der Waals surface area (Å²) >= 11 is 1.52. The predicted molar refractivity (Wildman–Crippen MR) is 93.6 cm³/mol. The zero-order valence-electron chi connectivity index (χ0n) is 13.6. The summed E-state index contributed by atoms with van der Waals surface area (Å²) in [4.78, 5) is 15.7. The fourth-order valence-electron chi connectivity index (χ4n) is 4.17. The van der Waals surface area contributed by atoms with Crippen molar-refractivity contribution in [2.24, 2.45) is 0 Å². The van der Waals surface area contributed by atoms with Crippen LogP contribution in [0.4, 0.5) is 0 Å². The number of likely N-dealkylation sites (N-methyl/N-ethyl adjacent to an activating group) is 1. The number of nitrogens with one attached hydrogen (secondary N) is 2. The van der Waals surface area contributed by atoms with E-state index in [2.05, 4.69) is 23.5 Å². The van der Waals surface area contributed by atoms with Crippen LogP contribution in [0.1, 0.15) is 24.5 Å². The van der Waals surface area contributed by atoms with Crippen LogP contribution >= 0.6 is 11.8 Å². The first-order valence-corrected chi connectivity index (χ1v) is 8.82. The summed E-state index contributed by atoms with van der Waals surface area (Å²) < 4.78 is 0. The van der Waals surface area contributed by atoms with Crippen molar-refractivity contribution in [3.63, 3.8) is 0 Å². The van der Waals surface area contributed by atoms with E-state index in [0.717, 1.165) is 10.5 Å². The lowest BCUT2D eigenvalue weighted by molar-refractivity contribution is -0.138. The van der Waals surface area contributed by atoms with E-state index in [4.69, 9.17) is 5.41 Å². The maximum atomic E-state index is 13.3. The van der Waals surface area contributed by atoms with Gasteiger partial charge in [0.15, 0.2) is 5.96 Å². The van der Waals surface area contributed by atoms with Crippen molar-refractivity contribution in [3.05, 3.63) is 46.4 Å². The Morgan fingerprint density at radius 3 is 2.88 bits per heavy atom. The molecule has 0 bridgehead atoms. The van der Waals surface area contributed by atoms with Crippen LogP contribution < -0.4 is 5.32 Å². The number of nitrogens with zero attached hydrogens (tertiary/aromatic N) is 2. The largest absolute Gasteiger partial charge is 0.345 e. The highest BCUT2D eigenvalue weighted by atomic mass is 32.2. The SMILES string of the molecule is CN1C(=N)N[C@](C)(C2=CCC(C#N)S2)[C@]2(Cc3ccccc32)C1=O. The number of nitriles is 1. The Morgan fingerprint density at radius 2 is 2.21 bits per heavy atom. The lowest BCUT2D eigenvalue weighted by atomic mass is 9.52. The van der Waals surface area contributed by atoms with Gasteiger partial charge in [0, 0.05) is 12.0 Å². The third-order valence-corrected chi connectivity index (χ3v) is 6.99. The standard InChI is InChI=1S/C18H18N4OS/c1-17(14-8-7-12(10-19)24-14)18(15(23)22(2)16(20)21-17)9-11-5-3-4-6-13(11)18/h3-6,8,12H,7,9H2,1-2H3,(H2,20,21)/t12?,17-,18+/m1/s1. The summed E-state index contributed by atoms with van der Waals surface area (Å²) in [6.07, 6.45) is 3.39. The van der Waals surface area contributed by atoms with Crippen LogP contribution in [0.5, 0.6) is 0 Å². The number of benzene rings is 1. The second-order valence-corrected chi connectivity index (χ2v) is 7.99. The summed E-state index contributed by atoms with van der Waals surface area (Å²) in [6.45, 7) is 2.00. The van der Waals surface area contributed by atoms with Crippen LogP contribution in [0.2, 0.25) is 0 Å². The van der Waals surface area contributed by atoms with Crippen molar-refractivity contribution in [2.45, 2.75) is 36.0 Å². The van der Waals surface area contributed by atoms with Crippen LogP contribution in [-0.4, -0.2) is 34.6 Å². The molecule has 1 aliphatic carbocycles. The number of rotatable bonds is 1. The van der Waals surface area contributed by atoms with E-state index in [9.17, 15) is 10.1 Å². The van der Waals surface area contributed by atoms with Gasteiger partial charge in [0.1, 0.15) is 5.41 Å². The topological polar surface area (TPSA) is 80.0 Å². The molecule has 0 saturated carbocycles. The van der Waals surface area contributed by atoms with Crippen molar-refractivity contribution >= 4 is 23.6 Å². The lowest BCUT2D eigenvalue weighted by Gasteiger charge is -2.59. The smallest absolute Gasteiger partial charge is 0.242 e. The van der Waals surface area contributed by atoms with Gasteiger partial charge < -0.3 is 5.32 Å². The Balaban J connectivity index is 1.87. The van der Waals surface area contributed by atoms with Crippen molar-refractivity contribution in [3.8, 4) is 6.07 Å². The van der Waals surface area contributed by atoms with Gasteiger partial charge in [-0.1, -0.05) is 30.3 Å². The molecule has 6 heteroatoms. The zero-order chi connectivity index (χ0) is 17.1. The summed E-state index contributed by atoms with van der Waals surface area (Å²) in [6, 6.07) is 10.3. The molecular formula is C18H18N4OS. The summed E-state index contributed by atoms with van der Waals surface area (Å²) in [7, 11) is 1.65. The van der Waals surface area contributed by atoms with E-state index in [1.165, 1.54) is 22.2 Å². The van der Waals surface area contributed by atoms with Crippen LogP contribution in [-0.2, 0) is 16.6 Å². The summed E-state index contributed by atoms with van der Waals surface area (Å²) in [5.41, 5.74) is 0.803. The molecule has 1 saturated heterocycles. The molecule has 5 nitrogen and oxygen atoms in total. The van der Waals surface area contributed by atoms with Crippen molar-refractivity contribution in [1.82, 2.24) is 10.2 Å². The molecule has 1 unspecified atom stereocenters. The molecule has 1 fully saturated rings. The molecule has 1 aromatic carbocycles. The first-order valence-electron chi connectivity index (χ1n) is 7.94. The minimum absolute atomic E-state index is 0.0469. The fourth-order valence-corrected chi connectivity index (χ4v) is 5.37. The minimum Gasteiger partial charge on any atom is -0.345 e. The monoisotopic (exact) mass is 338 g/mol. The van der Waals surface area contributed by atoms with Crippen molar-refractivity contribution in [1.29, 1.82) is 10.7 Å². The van der Waals surface area contributed by atoms with Crippen LogP contribution in [0.3, 0.4) is 0 Å². The van der Waals surface area contributed by atoms with E-state index in [-0.39, 0.29) is 17.1 Å². The molecule has 1 spiro atoms. The van der Waals surface area contributed by atoms with Crippen LogP contribution in [0.15, 0.2) is 35.2 Å². The van der Waals surface area contributed by atoms with Gasteiger partial charge >= 0.3 is 0 Å². The van der Waals surface area contributed by atoms with E-state index < -0.39 is 11.0 Å². The quantitative estimate of drug-likeness (QED) is 0.822. The molecule has 24 heavy (non-hydrogen) atoms. The van der Waals surface area contributed by atoms with Gasteiger partial charge in [-0.05, 0) is 30.9 Å². The maximum absolute atomic E-state index is 13.3. The normalized spacial score (nSPS) is 34.3. The van der Waals surface area contributed by atoms with E-state index in [1.807, 2.05) is 25.1 Å². The Kier molecular flexibility index (Phi) is 3.10. The number of carbonyl (C=O) groups excluding carboxylic acids is 1. The Hall–Kier alpha value is -2.26. The molecule has 122 valence electrons. The Bertz CT molecular complexity index is 842. The van der Waals surface area contributed by atoms with E-state index in [0.29, 0.717) is 12.8 Å². The Morgan fingerprint density at radius 1 is 1.46 bits per heavy atom. The molecule has 2 aliphatic heterocycles. The van der Waals surface area contributed by atoms with Gasteiger partial charge in [0.2, 0.25) is 5.91 Å². The minimum atomic E-state index is -0.716. The molecule has 0 aromatic heterocycles. The summed E-state index contributed by atoms with van der Waals surface area (Å²) in [5.74, 6) is 0.0637. The molecule has 0 radical (unpaired) electrons. The fraction of sp³-hybridized carbons (Fsp3) is 0.389. The highest BCUT2D eigenvalue weighted by Crippen LogP contribution is 2.57. The highest BCUT2D eigenvalue weighted by Gasteiger charge is 2.66. The van der Waals surface area contributed by atoms with Gasteiger partial charge in [-0.3, -0.25) is 15.1 Å². The van der Waals surface area contributed by atoms with Gasteiger partial charge in [0.25, 0.3) is 0 Å². The number of allylic oxidation sites excluding steroid dienone is 1. The molecule has 1 amide bonds. The predicted octanol–water partition coefficient (Wildman–Crippen LogP) is 2.15. The van der Waals surface area contributed by atoms with Gasteiger partial charge in [-0.25, -0.2) is 0 Å². The number of hydrogen-bond acceptors (Lipinski definition) is 4. The number of hydrogen-bond donors (Lipinski definition) is 2. The molecular weight excluding hydrogens is 320 g/mol. The second kappa shape index (κ2) is 4.87. The average molecular weight is 338 g/mol. The molecule has 2 N–H and O–H groups in total. The third-order valence-electron chi connectivity index (χ3n) is 5.58. The number of fused-ring (bicyclic) bond motifs is 2. The van der Waals surface area contributed by atoms with Crippen molar-refractivity contribution < 1.29 is 4.79 Å². The highest BCUT2D eigenvalue weighted by molar-refractivity contribution is 8.04. The van der Waals surface area contributed by atoms with Gasteiger partial charge in [-0.15, -0.1) is 11.8 Å². The first kappa shape index (κ1) is 15.3. The zero-order valence-corrected chi connectivity index (χ0v) is 14.4. The summed E-state index contributed by atoms with van der Waals surface area (Å²) in [5, 5.41) is 20.6. The first-order chi connectivity index (χ1) is 11.4. The third kappa shape index (κ3) is 1.65. The number of amides is 1. The van der Waals surface area contributed by atoms with Crippen LogP contribution in [0.25, 0.3) is 0 Å². The number of carbonyl (C=O) groups is 1. The van der Waals surface area contributed by atoms with Gasteiger partial charge in [-0.2, -0.15) is 5.26 Å². The van der Waals surface area contributed by atoms with Gasteiger partial charge in [0.05, 0.1) is 16.9 Å². The molecule has 4 rings (SSSR count). The number of guanidine groups is 1. The van der Waals surface area contributed by atoms with E-state index in [1.54, 1.807) is 7.05 Å². The van der Waals surface area contributed by atoms with Crippen molar-refractivity contribution in [2.75, 3.05) is 7.05 Å². The molecule has 2 heterocycles. The lowest BCUT2D eigenvalue weighted by Crippen LogP contribution is -2.77. The molecule has 1 aromatic rings. The average Bonchev–Trinajstić information content (AvgIpc) is 3.03. The number of thioether (sulfide) groups is 1. The molecule has 3 atom stereocenters. The van der Waals surface area contributed by atoms with E-state index >= 15 is 0 Å². The van der Waals surface area contributed by atoms with Crippen LogP contribution in [0, 0.1) is 16.7 Å².